The van der Waals surface area contributed by atoms with E-state index in [1.165, 1.54) is 11.8 Å². The molecule has 7 nitrogen and oxygen atoms in total. The summed E-state index contributed by atoms with van der Waals surface area (Å²) in [5.74, 6) is 0.859. The summed E-state index contributed by atoms with van der Waals surface area (Å²) in [5, 5.41) is 17.5. The number of carbonyl (C=O) groups is 1. The predicted molar refractivity (Wildman–Crippen MR) is 117 cm³/mol. The Kier molecular flexibility index (Phi) is 6.41. The maximum Gasteiger partial charge on any atom is 0.231 e. The summed E-state index contributed by atoms with van der Waals surface area (Å²) in [6.45, 7) is 0. The SMILES string of the molecule is COc1ccc(-n2nnnc2SCC(=O)NC(c2ccccc2)c2cccs2)cc1. The maximum absolute atomic E-state index is 12.7. The van der Waals surface area contributed by atoms with Crippen molar-refractivity contribution in [3.8, 4) is 11.4 Å². The van der Waals surface area contributed by atoms with E-state index in [2.05, 4.69) is 20.8 Å². The summed E-state index contributed by atoms with van der Waals surface area (Å²) in [4.78, 5) is 13.8. The number of ether oxygens (including phenoxy) is 1. The minimum Gasteiger partial charge on any atom is -0.497 e. The highest BCUT2D eigenvalue weighted by Crippen LogP contribution is 2.26. The van der Waals surface area contributed by atoms with Crippen molar-refractivity contribution >= 4 is 29.0 Å². The van der Waals surface area contributed by atoms with Crippen LogP contribution in [0.25, 0.3) is 5.69 Å². The molecule has 0 aliphatic rings. The van der Waals surface area contributed by atoms with Gasteiger partial charge >= 0.3 is 0 Å². The first-order chi connectivity index (χ1) is 14.7. The highest BCUT2D eigenvalue weighted by molar-refractivity contribution is 7.99. The zero-order valence-electron chi connectivity index (χ0n) is 16.1. The van der Waals surface area contributed by atoms with Crippen LogP contribution in [0.1, 0.15) is 16.5 Å². The first-order valence-electron chi connectivity index (χ1n) is 9.18. The highest BCUT2D eigenvalue weighted by atomic mass is 32.2. The molecule has 2 heterocycles. The van der Waals surface area contributed by atoms with Gasteiger partial charge in [-0.05, 0) is 51.7 Å². The third-order valence-electron chi connectivity index (χ3n) is 4.36. The number of amides is 1. The largest absolute Gasteiger partial charge is 0.497 e. The van der Waals surface area contributed by atoms with E-state index in [-0.39, 0.29) is 17.7 Å². The fraction of sp³-hybridized carbons (Fsp3) is 0.143. The molecule has 0 aliphatic carbocycles. The lowest BCUT2D eigenvalue weighted by molar-refractivity contribution is -0.119. The van der Waals surface area contributed by atoms with Crippen molar-refractivity contribution in [3.63, 3.8) is 0 Å². The molecule has 0 fully saturated rings. The van der Waals surface area contributed by atoms with E-state index < -0.39 is 0 Å². The topological polar surface area (TPSA) is 81.9 Å². The van der Waals surface area contributed by atoms with Crippen molar-refractivity contribution < 1.29 is 9.53 Å². The number of tetrazole rings is 1. The van der Waals surface area contributed by atoms with E-state index in [1.807, 2.05) is 72.1 Å². The molecule has 0 saturated carbocycles. The van der Waals surface area contributed by atoms with Gasteiger partial charge in [0.15, 0.2) is 0 Å². The number of carbonyl (C=O) groups excluding carboxylic acids is 1. The van der Waals surface area contributed by atoms with Gasteiger partial charge in [0.1, 0.15) is 5.75 Å². The second kappa shape index (κ2) is 9.55. The molecule has 1 unspecified atom stereocenters. The quantitative estimate of drug-likeness (QED) is 0.423. The molecular weight excluding hydrogens is 418 g/mol. The number of thiophene rings is 1. The van der Waals surface area contributed by atoms with Crippen molar-refractivity contribution in [2.24, 2.45) is 0 Å². The van der Waals surface area contributed by atoms with Crippen LogP contribution in [0.15, 0.2) is 77.3 Å². The number of thioether (sulfide) groups is 1. The van der Waals surface area contributed by atoms with Gasteiger partial charge in [0, 0.05) is 4.88 Å². The minimum atomic E-state index is -0.183. The standard InChI is InChI=1S/C21H19N5O2S2/c1-28-17-11-9-16(10-12-17)26-21(23-24-25-26)30-14-19(27)22-20(18-8-5-13-29-18)15-6-3-2-4-7-15/h2-13,20H,14H2,1H3,(H,22,27). The van der Waals surface area contributed by atoms with E-state index in [9.17, 15) is 4.79 Å². The van der Waals surface area contributed by atoms with Crippen LogP contribution >= 0.6 is 23.1 Å². The lowest BCUT2D eigenvalue weighted by Crippen LogP contribution is -2.30. The van der Waals surface area contributed by atoms with Crippen LogP contribution in [0, 0.1) is 0 Å². The Labute approximate surface area is 182 Å². The molecule has 1 amide bonds. The van der Waals surface area contributed by atoms with Crippen molar-refractivity contribution in [1.82, 2.24) is 25.5 Å². The lowest BCUT2D eigenvalue weighted by atomic mass is 10.1. The molecule has 1 N–H and O–H groups in total. The average Bonchev–Trinajstić information content (AvgIpc) is 3.49. The third kappa shape index (κ3) is 4.69. The number of methoxy groups -OCH3 is 1. The van der Waals surface area contributed by atoms with Crippen molar-refractivity contribution in [2.75, 3.05) is 12.9 Å². The number of hydrogen-bond donors (Lipinski definition) is 1. The number of rotatable bonds is 8. The number of aromatic nitrogens is 4. The van der Waals surface area contributed by atoms with Gasteiger partial charge in [-0.25, -0.2) is 0 Å². The summed E-state index contributed by atoms with van der Waals surface area (Å²) in [5.41, 5.74) is 1.84. The Balaban J connectivity index is 1.44. The number of nitrogens with zero attached hydrogens (tertiary/aromatic N) is 4. The Bertz CT molecular complexity index is 1080. The Morgan fingerprint density at radius 3 is 2.63 bits per heavy atom. The fourth-order valence-electron chi connectivity index (χ4n) is 2.91. The van der Waals surface area contributed by atoms with Crippen molar-refractivity contribution in [2.45, 2.75) is 11.2 Å². The Morgan fingerprint density at radius 1 is 1.13 bits per heavy atom. The molecule has 4 aromatic rings. The molecule has 152 valence electrons. The first-order valence-corrected chi connectivity index (χ1v) is 11.0. The smallest absolute Gasteiger partial charge is 0.231 e. The summed E-state index contributed by atoms with van der Waals surface area (Å²) in [6, 6.07) is 21.2. The van der Waals surface area contributed by atoms with Crippen LogP contribution in [-0.4, -0.2) is 39.0 Å². The fourth-order valence-corrected chi connectivity index (χ4v) is 4.41. The number of benzene rings is 2. The van der Waals surface area contributed by atoms with Crippen LogP contribution in [0.4, 0.5) is 0 Å². The molecule has 2 aromatic heterocycles. The van der Waals surface area contributed by atoms with Crippen LogP contribution < -0.4 is 10.1 Å². The second-order valence-electron chi connectivity index (χ2n) is 6.29. The summed E-state index contributed by atoms with van der Waals surface area (Å²) in [7, 11) is 1.62. The molecular formula is C21H19N5O2S2. The Morgan fingerprint density at radius 2 is 1.93 bits per heavy atom. The molecule has 4 rings (SSSR count). The molecule has 0 spiro atoms. The highest BCUT2D eigenvalue weighted by Gasteiger charge is 2.19. The molecule has 30 heavy (non-hydrogen) atoms. The molecule has 1 atom stereocenters. The van der Waals surface area contributed by atoms with E-state index in [4.69, 9.17) is 4.74 Å². The van der Waals surface area contributed by atoms with Crippen LogP contribution in [0.3, 0.4) is 0 Å². The normalized spacial score (nSPS) is 11.8. The van der Waals surface area contributed by atoms with Gasteiger partial charge in [-0.1, -0.05) is 48.2 Å². The van der Waals surface area contributed by atoms with Gasteiger partial charge in [-0.15, -0.1) is 16.4 Å². The summed E-state index contributed by atoms with van der Waals surface area (Å²) >= 11 is 2.91. The predicted octanol–water partition coefficient (Wildman–Crippen LogP) is 3.73. The van der Waals surface area contributed by atoms with Gasteiger partial charge in [0.2, 0.25) is 11.1 Å². The van der Waals surface area contributed by atoms with Gasteiger partial charge in [0.05, 0.1) is 24.6 Å². The van der Waals surface area contributed by atoms with E-state index in [0.717, 1.165) is 21.9 Å². The number of nitrogens with one attached hydrogen (secondary N) is 1. The molecule has 0 saturated heterocycles. The molecule has 0 aliphatic heterocycles. The molecule has 2 aromatic carbocycles. The zero-order valence-corrected chi connectivity index (χ0v) is 17.8. The molecule has 0 bridgehead atoms. The maximum atomic E-state index is 12.7. The van der Waals surface area contributed by atoms with E-state index >= 15 is 0 Å². The van der Waals surface area contributed by atoms with Crippen LogP contribution in [-0.2, 0) is 4.79 Å². The lowest BCUT2D eigenvalue weighted by Gasteiger charge is -2.18. The minimum absolute atomic E-state index is 0.0912. The monoisotopic (exact) mass is 437 g/mol. The van der Waals surface area contributed by atoms with Crippen LogP contribution in [0.5, 0.6) is 5.75 Å². The second-order valence-corrected chi connectivity index (χ2v) is 8.21. The van der Waals surface area contributed by atoms with Gasteiger partial charge in [0.25, 0.3) is 0 Å². The molecule has 0 radical (unpaired) electrons. The van der Waals surface area contributed by atoms with Gasteiger partial charge < -0.3 is 10.1 Å². The average molecular weight is 438 g/mol. The van der Waals surface area contributed by atoms with Crippen molar-refractivity contribution in [3.05, 3.63) is 82.6 Å². The summed E-state index contributed by atoms with van der Waals surface area (Å²) < 4.78 is 6.78. The zero-order chi connectivity index (χ0) is 20.8. The van der Waals surface area contributed by atoms with E-state index in [1.54, 1.807) is 23.1 Å². The van der Waals surface area contributed by atoms with E-state index in [0.29, 0.717) is 5.16 Å². The van der Waals surface area contributed by atoms with Gasteiger partial charge in [-0.2, -0.15) is 4.68 Å². The molecule has 9 heteroatoms. The summed E-state index contributed by atoms with van der Waals surface area (Å²) in [6.07, 6.45) is 0. The van der Waals surface area contributed by atoms with Crippen molar-refractivity contribution in [1.29, 1.82) is 0 Å². The van der Waals surface area contributed by atoms with Gasteiger partial charge in [-0.3, -0.25) is 4.79 Å². The first kappa shape index (κ1) is 20.1. The third-order valence-corrected chi connectivity index (χ3v) is 6.21. The number of hydrogen-bond acceptors (Lipinski definition) is 7. The Hall–Kier alpha value is -3.17. The van der Waals surface area contributed by atoms with Crippen LogP contribution in [0.2, 0.25) is 0 Å².